The van der Waals surface area contributed by atoms with E-state index < -0.39 is 5.97 Å². The van der Waals surface area contributed by atoms with Crippen LogP contribution in [0.2, 0.25) is 0 Å². The zero-order chi connectivity index (χ0) is 17.6. The Balaban J connectivity index is 1.77. The Morgan fingerprint density at radius 2 is 1.48 bits per heavy atom. The molecular formula is C20H17NO4. The first kappa shape index (κ1) is 16.5. The molecule has 0 radical (unpaired) electrons. The topological polar surface area (TPSA) is 57.7 Å². The highest BCUT2D eigenvalue weighted by atomic mass is 16.5. The summed E-state index contributed by atoms with van der Waals surface area (Å²) in [5.74, 6) is 1.69. The van der Waals surface area contributed by atoms with Gasteiger partial charge < -0.3 is 14.2 Å². The monoisotopic (exact) mass is 335 g/mol. The summed E-state index contributed by atoms with van der Waals surface area (Å²) < 4.78 is 16.2. The predicted molar refractivity (Wildman–Crippen MR) is 93.3 cm³/mol. The lowest BCUT2D eigenvalue weighted by atomic mass is 10.2. The number of rotatable bonds is 5. The van der Waals surface area contributed by atoms with Crippen molar-refractivity contribution in [2.45, 2.75) is 6.92 Å². The van der Waals surface area contributed by atoms with Crippen LogP contribution in [0.15, 0.2) is 66.9 Å². The van der Waals surface area contributed by atoms with Crippen molar-refractivity contribution in [2.24, 2.45) is 0 Å². The molecule has 2 aromatic carbocycles. The Morgan fingerprint density at radius 1 is 0.880 bits per heavy atom. The summed E-state index contributed by atoms with van der Waals surface area (Å²) in [4.78, 5) is 16.1. The van der Waals surface area contributed by atoms with Crippen molar-refractivity contribution in [3.8, 4) is 23.1 Å². The third-order valence-electron chi connectivity index (χ3n) is 3.41. The average Bonchev–Trinajstić information content (AvgIpc) is 2.65. The van der Waals surface area contributed by atoms with Gasteiger partial charge in [-0.3, -0.25) is 0 Å². The van der Waals surface area contributed by atoms with Crippen LogP contribution in [0.25, 0.3) is 0 Å². The zero-order valence-corrected chi connectivity index (χ0v) is 13.9. The maximum atomic E-state index is 11.9. The van der Waals surface area contributed by atoms with E-state index in [2.05, 4.69) is 4.98 Å². The minimum atomic E-state index is -0.491. The Morgan fingerprint density at radius 3 is 2.12 bits per heavy atom. The van der Waals surface area contributed by atoms with Gasteiger partial charge in [0.15, 0.2) is 0 Å². The van der Waals surface area contributed by atoms with E-state index in [1.54, 1.807) is 36.5 Å². The molecular weight excluding hydrogens is 318 g/mol. The SMILES string of the molecule is COC(=O)c1cc(C)cnc1Oc1ccc(Oc2ccccc2)cc1. The van der Waals surface area contributed by atoms with Gasteiger partial charge in [0.2, 0.25) is 5.88 Å². The first-order valence-corrected chi connectivity index (χ1v) is 7.71. The summed E-state index contributed by atoms with van der Waals surface area (Å²) in [6.07, 6.45) is 1.63. The van der Waals surface area contributed by atoms with Gasteiger partial charge in [-0.25, -0.2) is 9.78 Å². The van der Waals surface area contributed by atoms with E-state index in [1.165, 1.54) is 7.11 Å². The van der Waals surface area contributed by atoms with Crippen LogP contribution in [0.5, 0.6) is 23.1 Å². The molecule has 5 nitrogen and oxygen atoms in total. The van der Waals surface area contributed by atoms with Crippen molar-refractivity contribution in [3.05, 3.63) is 78.0 Å². The number of benzene rings is 2. The third kappa shape index (κ3) is 4.14. The smallest absolute Gasteiger partial charge is 0.343 e. The fraction of sp³-hybridized carbons (Fsp3) is 0.100. The number of carbonyl (C=O) groups is 1. The molecule has 3 rings (SSSR count). The second kappa shape index (κ2) is 7.49. The molecule has 0 aliphatic rings. The number of para-hydroxylation sites is 1. The van der Waals surface area contributed by atoms with E-state index in [-0.39, 0.29) is 11.4 Å². The molecule has 0 aliphatic carbocycles. The van der Waals surface area contributed by atoms with Gasteiger partial charge in [-0.2, -0.15) is 0 Å². The van der Waals surface area contributed by atoms with E-state index in [0.717, 1.165) is 11.3 Å². The van der Waals surface area contributed by atoms with E-state index in [1.807, 2.05) is 37.3 Å². The van der Waals surface area contributed by atoms with Crippen LogP contribution in [0.1, 0.15) is 15.9 Å². The fourth-order valence-corrected chi connectivity index (χ4v) is 2.21. The molecule has 1 heterocycles. The number of aromatic nitrogens is 1. The highest BCUT2D eigenvalue weighted by Crippen LogP contribution is 2.28. The predicted octanol–water partition coefficient (Wildman–Crippen LogP) is 4.76. The molecule has 1 aromatic heterocycles. The normalized spacial score (nSPS) is 10.2. The van der Waals surface area contributed by atoms with E-state index in [9.17, 15) is 4.79 Å². The number of esters is 1. The van der Waals surface area contributed by atoms with Gasteiger partial charge in [0, 0.05) is 6.20 Å². The highest BCUT2D eigenvalue weighted by Gasteiger charge is 2.15. The number of nitrogens with zero attached hydrogens (tertiary/aromatic N) is 1. The molecule has 0 N–H and O–H groups in total. The fourth-order valence-electron chi connectivity index (χ4n) is 2.21. The summed E-state index contributed by atoms with van der Waals surface area (Å²) in [7, 11) is 1.32. The minimum absolute atomic E-state index is 0.203. The second-order valence-corrected chi connectivity index (χ2v) is 5.35. The van der Waals surface area contributed by atoms with Gasteiger partial charge in [0.25, 0.3) is 0 Å². The maximum absolute atomic E-state index is 11.9. The van der Waals surface area contributed by atoms with Crippen molar-refractivity contribution >= 4 is 5.97 Å². The summed E-state index contributed by atoms with van der Waals surface area (Å²) >= 11 is 0. The molecule has 25 heavy (non-hydrogen) atoms. The van der Waals surface area contributed by atoms with Crippen LogP contribution in [-0.2, 0) is 4.74 Å². The lowest BCUT2D eigenvalue weighted by molar-refractivity contribution is 0.0597. The summed E-state index contributed by atoms with van der Waals surface area (Å²) in [5.41, 5.74) is 1.13. The van der Waals surface area contributed by atoms with Crippen molar-refractivity contribution < 1.29 is 19.0 Å². The van der Waals surface area contributed by atoms with Crippen LogP contribution in [-0.4, -0.2) is 18.1 Å². The molecule has 0 spiro atoms. The molecule has 0 amide bonds. The van der Waals surface area contributed by atoms with Gasteiger partial charge in [0.1, 0.15) is 22.8 Å². The van der Waals surface area contributed by atoms with E-state index in [0.29, 0.717) is 11.5 Å². The number of carbonyl (C=O) groups excluding carboxylic acids is 1. The van der Waals surface area contributed by atoms with Crippen LogP contribution in [0.3, 0.4) is 0 Å². The van der Waals surface area contributed by atoms with Gasteiger partial charge in [-0.15, -0.1) is 0 Å². The lowest BCUT2D eigenvalue weighted by Crippen LogP contribution is -2.05. The molecule has 0 unspecified atom stereocenters. The summed E-state index contributed by atoms with van der Waals surface area (Å²) in [5, 5.41) is 0. The van der Waals surface area contributed by atoms with Gasteiger partial charge in [0.05, 0.1) is 7.11 Å². The molecule has 0 fully saturated rings. The second-order valence-electron chi connectivity index (χ2n) is 5.35. The van der Waals surface area contributed by atoms with Crippen molar-refractivity contribution in [3.63, 3.8) is 0 Å². The molecule has 5 heteroatoms. The minimum Gasteiger partial charge on any atom is -0.465 e. The summed E-state index contributed by atoms with van der Waals surface area (Å²) in [6, 6.07) is 18.3. The molecule has 126 valence electrons. The van der Waals surface area contributed by atoms with Gasteiger partial charge in [-0.05, 0) is 55.0 Å². The molecule has 0 saturated carbocycles. The Labute approximate surface area is 145 Å². The number of ether oxygens (including phenoxy) is 3. The number of methoxy groups -OCH3 is 1. The third-order valence-corrected chi connectivity index (χ3v) is 3.41. The number of hydrogen-bond donors (Lipinski definition) is 0. The quantitative estimate of drug-likeness (QED) is 0.629. The highest BCUT2D eigenvalue weighted by molar-refractivity contribution is 5.92. The molecule has 0 bridgehead atoms. The van der Waals surface area contributed by atoms with Crippen LogP contribution in [0.4, 0.5) is 0 Å². The van der Waals surface area contributed by atoms with Crippen molar-refractivity contribution in [2.75, 3.05) is 7.11 Å². The summed E-state index contributed by atoms with van der Waals surface area (Å²) in [6.45, 7) is 1.85. The Kier molecular flexibility index (Phi) is 4.95. The molecule has 0 aliphatic heterocycles. The number of hydrogen-bond acceptors (Lipinski definition) is 5. The largest absolute Gasteiger partial charge is 0.465 e. The van der Waals surface area contributed by atoms with Crippen LogP contribution >= 0.6 is 0 Å². The van der Waals surface area contributed by atoms with Crippen LogP contribution < -0.4 is 9.47 Å². The first-order valence-electron chi connectivity index (χ1n) is 7.71. The molecule has 0 atom stereocenters. The number of pyridine rings is 1. The van der Waals surface area contributed by atoms with E-state index >= 15 is 0 Å². The number of aryl methyl sites for hydroxylation is 1. The first-order chi connectivity index (χ1) is 12.2. The van der Waals surface area contributed by atoms with Crippen molar-refractivity contribution in [1.29, 1.82) is 0 Å². The average molecular weight is 335 g/mol. The lowest BCUT2D eigenvalue weighted by Gasteiger charge is -2.10. The Bertz CT molecular complexity index is 861. The maximum Gasteiger partial charge on any atom is 0.343 e. The molecule has 3 aromatic rings. The zero-order valence-electron chi connectivity index (χ0n) is 13.9. The van der Waals surface area contributed by atoms with Gasteiger partial charge in [-0.1, -0.05) is 18.2 Å². The van der Waals surface area contributed by atoms with Gasteiger partial charge >= 0.3 is 5.97 Å². The Hall–Kier alpha value is -3.34. The standard InChI is InChI=1S/C20H17NO4/c1-14-12-18(20(22)23-2)19(21-13-14)25-17-10-8-16(9-11-17)24-15-6-4-3-5-7-15/h3-13H,1-2H3. The molecule has 0 saturated heterocycles. The van der Waals surface area contributed by atoms with E-state index in [4.69, 9.17) is 14.2 Å². The van der Waals surface area contributed by atoms with Crippen molar-refractivity contribution in [1.82, 2.24) is 4.98 Å². The van der Waals surface area contributed by atoms with Crippen LogP contribution in [0, 0.1) is 6.92 Å².